The van der Waals surface area contributed by atoms with Crippen molar-refractivity contribution in [2.75, 3.05) is 0 Å². The first-order valence-electron chi connectivity index (χ1n) is 7.13. The number of halogens is 1. The highest BCUT2D eigenvalue weighted by Crippen LogP contribution is 2.18. The minimum atomic E-state index is -0.471. The smallest absolute Gasteiger partial charge is 0.237 e. The zero-order chi connectivity index (χ0) is 15.3. The van der Waals surface area contributed by atoms with E-state index < -0.39 is 6.04 Å². The summed E-state index contributed by atoms with van der Waals surface area (Å²) in [5.74, 6) is 0.847. The number of hydrogen-bond donors (Lipinski definition) is 2. The molecule has 120 valence electrons. The maximum Gasteiger partial charge on any atom is 0.237 e. The van der Waals surface area contributed by atoms with Gasteiger partial charge in [0.25, 0.3) is 0 Å². The third-order valence-corrected chi connectivity index (χ3v) is 3.13. The highest BCUT2D eigenvalue weighted by Gasteiger charge is 2.19. The molecule has 0 aliphatic carbocycles. The van der Waals surface area contributed by atoms with Crippen LogP contribution in [0.3, 0.4) is 0 Å². The number of carbonyl (C=O) groups is 1. The largest absolute Gasteiger partial charge is 0.491 e. The molecule has 0 heterocycles. The van der Waals surface area contributed by atoms with Crippen LogP contribution in [0.4, 0.5) is 0 Å². The zero-order valence-corrected chi connectivity index (χ0v) is 14.2. The Morgan fingerprint density at radius 2 is 1.62 bits per heavy atom. The van der Waals surface area contributed by atoms with E-state index in [1.54, 1.807) is 0 Å². The maximum absolute atomic E-state index is 11.9. The lowest BCUT2D eigenvalue weighted by atomic mass is 10.0. The van der Waals surface area contributed by atoms with E-state index in [0.717, 1.165) is 11.3 Å². The van der Waals surface area contributed by atoms with E-state index in [1.807, 2.05) is 58.9 Å². The number of hydrogen-bond acceptors (Lipinski definition) is 3. The van der Waals surface area contributed by atoms with E-state index in [1.165, 1.54) is 0 Å². The van der Waals surface area contributed by atoms with E-state index in [-0.39, 0.29) is 36.4 Å². The molecule has 0 saturated carbocycles. The van der Waals surface area contributed by atoms with E-state index in [4.69, 9.17) is 10.5 Å². The summed E-state index contributed by atoms with van der Waals surface area (Å²) in [5.41, 5.74) is 6.87. The molecule has 0 aliphatic heterocycles. The molecule has 0 bridgehead atoms. The van der Waals surface area contributed by atoms with Crippen molar-refractivity contribution in [3.63, 3.8) is 0 Å². The summed E-state index contributed by atoms with van der Waals surface area (Å²) < 4.78 is 5.59. The lowest BCUT2D eigenvalue weighted by molar-refractivity contribution is -0.123. The van der Waals surface area contributed by atoms with Crippen LogP contribution in [0.15, 0.2) is 24.3 Å². The molecule has 5 heteroatoms. The van der Waals surface area contributed by atoms with Gasteiger partial charge >= 0.3 is 0 Å². The first-order valence-corrected chi connectivity index (χ1v) is 7.13. The second-order valence-electron chi connectivity index (χ2n) is 5.74. The number of ether oxygens (including phenoxy) is 1. The molecular weight excluding hydrogens is 288 g/mol. The number of nitrogens with one attached hydrogen (secondary N) is 1. The molecule has 0 saturated heterocycles. The second kappa shape index (κ2) is 8.90. The number of carbonyl (C=O) groups excluding carboxylic acids is 1. The number of nitrogens with two attached hydrogens (primary N) is 1. The summed E-state index contributed by atoms with van der Waals surface area (Å²) in [5, 5.41) is 2.93. The third-order valence-electron chi connectivity index (χ3n) is 3.13. The molecule has 1 rings (SSSR count). The first-order chi connectivity index (χ1) is 9.31. The van der Waals surface area contributed by atoms with Gasteiger partial charge in [-0.05, 0) is 44.4 Å². The summed E-state index contributed by atoms with van der Waals surface area (Å²) in [4.78, 5) is 11.9. The van der Waals surface area contributed by atoms with E-state index in [2.05, 4.69) is 5.32 Å². The van der Waals surface area contributed by atoms with E-state index in [0.29, 0.717) is 0 Å². The Labute approximate surface area is 133 Å². The fourth-order valence-corrected chi connectivity index (χ4v) is 1.80. The van der Waals surface area contributed by atoms with Gasteiger partial charge in [0.15, 0.2) is 0 Å². The molecule has 0 aliphatic rings. The molecule has 1 aromatic carbocycles. The standard InChI is InChI=1S/C16H26N2O2.ClH/c1-10(2)15(17)16(19)18-12(5)13-6-8-14(9-7-13)20-11(3)4;/h6-12,15H,17H2,1-5H3,(H,18,19);1H. The number of rotatable bonds is 6. The highest BCUT2D eigenvalue weighted by atomic mass is 35.5. The van der Waals surface area contributed by atoms with Crippen molar-refractivity contribution in [3.05, 3.63) is 29.8 Å². The Morgan fingerprint density at radius 1 is 1.10 bits per heavy atom. The molecule has 0 fully saturated rings. The van der Waals surface area contributed by atoms with Crippen molar-refractivity contribution in [3.8, 4) is 5.75 Å². The molecule has 4 nitrogen and oxygen atoms in total. The van der Waals surface area contributed by atoms with Gasteiger partial charge in [-0.3, -0.25) is 4.79 Å². The topological polar surface area (TPSA) is 64.3 Å². The van der Waals surface area contributed by atoms with Crippen molar-refractivity contribution in [1.29, 1.82) is 0 Å². The monoisotopic (exact) mass is 314 g/mol. The average Bonchev–Trinajstić information content (AvgIpc) is 2.37. The van der Waals surface area contributed by atoms with Gasteiger partial charge in [0, 0.05) is 0 Å². The Hall–Kier alpha value is -1.26. The minimum absolute atomic E-state index is 0. The minimum Gasteiger partial charge on any atom is -0.491 e. The fourth-order valence-electron chi connectivity index (χ4n) is 1.80. The lowest BCUT2D eigenvalue weighted by Crippen LogP contribution is -2.44. The zero-order valence-electron chi connectivity index (χ0n) is 13.4. The summed E-state index contributed by atoms with van der Waals surface area (Å²) in [6, 6.07) is 7.22. The molecule has 1 amide bonds. The predicted molar refractivity (Wildman–Crippen MR) is 88.8 cm³/mol. The van der Waals surface area contributed by atoms with Crippen LogP contribution in [0, 0.1) is 5.92 Å². The number of benzene rings is 1. The second-order valence-corrected chi connectivity index (χ2v) is 5.74. The van der Waals surface area contributed by atoms with Crippen LogP contribution in [0.5, 0.6) is 5.75 Å². The van der Waals surface area contributed by atoms with Gasteiger partial charge in [0.2, 0.25) is 5.91 Å². The van der Waals surface area contributed by atoms with Crippen molar-refractivity contribution in [1.82, 2.24) is 5.32 Å². The summed E-state index contributed by atoms with van der Waals surface area (Å²) in [7, 11) is 0. The van der Waals surface area contributed by atoms with Gasteiger partial charge in [0.05, 0.1) is 18.2 Å². The van der Waals surface area contributed by atoms with Crippen molar-refractivity contribution >= 4 is 18.3 Å². The van der Waals surface area contributed by atoms with Crippen molar-refractivity contribution in [2.45, 2.75) is 52.8 Å². The maximum atomic E-state index is 11.9. The SMILES string of the molecule is CC(C)Oc1ccc(C(C)NC(=O)C(N)C(C)C)cc1.Cl. The molecule has 0 aromatic heterocycles. The van der Waals surface area contributed by atoms with Crippen molar-refractivity contribution in [2.24, 2.45) is 11.7 Å². The molecular formula is C16H27ClN2O2. The summed E-state index contributed by atoms with van der Waals surface area (Å²) >= 11 is 0. The van der Waals surface area contributed by atoms with Gasteiger partial charge < -0.3 is 15.8 Å². The van der Waals surface area contributed by atoms with E-state index in [9.17, 15) is 4.79 Å². The van der Waals surface area contributed by atoms with Crippen LogP contribution in [0.2, 0.25) is 0 Å². The molecule has 0 spiro atoms. The molecule has 2 unspecified atom stereocenters. The van der Waals surface area contributed by atoms with Gasteiger partial charge in [-0.25, -0.2) is 0 Å². The van der Waals surface area contributed by atoms with Gasteiger partial charge in [-0.1, -0.05) is 26.0 Å². The highest BCUT2D eigenvalue weighted by molar-refractivity contribution is 5.85. The lowest BCUT2D eigenvalue weighted by Gasteiger charge is -2.20. The Morgan fingerprint density at radius 3 is 2.05 bits per heavy atom. The Bertz CT molecular complexity index is 432. The van der Waals surface area contributed by atoms with Crippen molar-refractivity contribution < 1.29 is 9.53 Å². The average molecular weight is 315 g/mol. The number of amides is 1. The Kier molecular flexibility index (Phi) is 8.37. The van der Waals surface area contributed by atoms with Gasteiger partial charge in [-0.2, -0.15) is 0 Å². The van der Waals surface area contributed by atoms with E-state index >= 15 is 0 Å². The van der Waals surface area contributed by atoms with Gasteiger partial charge in [-0.15, -0.1) is 12.4 Å². The quantitative estimate of drug-likeness (QED) is 0.848. The van der Waals surface area contributed by atoms with Gasteiger partial charge in [0.1, 0.15) is 5.75 Å². The van der Waals surface area contributed by atoms with Crippen LogP contribution in [-0.2, 0) is 4.79 Å². The predicted octanol–water partition coefficient (Wildman–Crippen LogP) is 3.06. The van der Waals surface area contributed by atoms with Crippen LogP contribution in [0.1, 0.15) is 46.2 Å². The third kappa shape index (κ3) is 6.36. The summed E-state index contributed by atoms with van der Waals surface area (Å²) in [6.07, 6.45) is 0.155. The van der Waals surface area contributed by atoms with Crippen LogP contribution >= 0.6 is 12.4 Å². The van der Waals surface area contributed by atoms with Crippen LogP contribution in [-0.4, -0.2) is 18.1 Å². The fraction of sp³-hybridized carbons (Fsp3) is 0.562. The molecule has 3 N–H and O–H groups in total. The van der Waals surface area contributed by atoms with Crippen LogP contribution in [0.25, 0.3) is 0 Å². The molecule has 21 heavy (non-hydrogen) atoms. The normalized spacial score (nSPS) is 13.5. The first kappa shape index (κ1) is 19.7. The molecule has 1 aromatic rings. The summed E-state index contributed by atoms with van der Waals surface area (Å²) in [6.45, 7) is 9.80. The molecule has 2 atom stereocenters. The molecule has 0 radical (unpaired) electrons. The Balaban J connectivity index is 0.00000400. The van der Waals surface area contributed by atoms with Crippen LogP contribution < -0.4 is 15.8 Å².